The Labute approximate surface area is 103 Å². The number of hydrazine groups is 1. The molecule has 0 radical (unpaired) electrons. The normalized spacial score (nSPS) is 11.9. The molecule has 0 amide bonds. The van der Waals surface area contributed by atoms with E-state index >= 15 is 0 Å². The Hall–Kier alpha value is -0.890. The molecule has 0 bridgehead atoms. The fourth-order valence-corrected chi connectivity index (χ4v) is 1.12. The van der Waals surface area contributed by atoms with Gasteiger partial charge < -0.3 is 19.7 Å². The molecule has 0 aliphatic rings. The van der Waals surface area contributed by atoms with Crippen LogP contribution in [0.1, 0.15) is 0 Å². The second kappa shape index (κ2) is 11.6. The van der Waals surface area contributed by atoms with Crippen molar-refractivity contribution >= 4 is 5.96 Å². The number of rotatable bonds is 9. The molecule has 0 unspecified atom stereocenters. The second-order valence-corrected chi connectivity index (χ2v) is 3.59. The fourth-order valence-electron chi connectivity index (χ4n) is 1.12. The highest BCUT2D eigenvalue weighted by Crippen LogP contribution is 1.83. The number of hydrogen-bond donors (Lipinski definition) is 3. The van der Waals surface area contributed by atoms with Crippen LogP contribution in [0.5, 0.6) is 0 Å². The van der Waals surface area contributed by atoms with Gasteiger partial charge in [0, 0.05) is 33.9 Å². The summed E-state index contributed by atoms with van der Waals surface area (Å²) in [6.07, 6.45) is 0. The number of nitrogens with two attached hydrogens (primary N) is 1. The molecular weight excluding hydrogens is 222 g/mol. The lowest BCUT2D eigenvalue weighted by Crippen LogP contribution is -2.43. The average molecular weight is 247 g/mol. The van der Waals surface area contributed by atoms with Crippen molar-refractivity contribution in [2.45, 2.75) is 0 Å². The van der Waals surface area contributed by atoms with Crippen molar-refractivity contribution in [3.63, 3.8) is 0 Å². The maximum atomic E-state index is 5.33. The summed E-state index contributed by atoms with van der Waals surface area (Å²) in [5.74, 6) is 5.92. The quantitative estimate of drug-likeness (QED) is 0.153. The van der Waals surface area contributed by atoms with Gasteiger partial charge in [0.15, 0.2) is 0 Å². The molecule has 0 rings (SSSR count). The third kappa shape index (κ3) is 10.0. The van der Waals surface area contributed by atoms with E-state index in [4.69, 9.17) is 15.3 Å². The van der Waals surface area contributed by atoms with E-state index in [0.29, 0.717) is 25.7 Å². The van der Waals surface area contributed by atoms with E-state index in [1.54, 1.807) is 14.2 Å². The van der Waals surface area contributed by atoms with Crippen LogP contribution < -0.4 is 16.6 Å². The van der Waals surface area contributed by atoms with Crippen LogP contribution in [0.25, 0.3) is 0 Å². The highest BCUT2D eigenvalue weighted by Gasteiger charge is 1.98. The number of nitrogens with one attached hydrogen (secondary N) is 2. The Morgan fingerprint density at radius 3 is 2.53 bits per heavy atom. The summed E-state index contributed by atoms with van der Waals surface area (Å²) in [6.45, 7) is 4.47. The maximum absolute atomic E-state index is 5.33. The van der Waals surface area contributed by atoms with Crippen molar-refractivity contribution in [2.75, 3.05) is 60.7 Å². The zero-order valence-electron chi connectivity index (χ0n) is 11.0. The minimum absolute atomic E-state index is 0.585. The summed E-state index contributed by atoms with van der Waals surface area (Å²) < 4.78 is 9.91. The van der Waals surface area contributed by atoms with E-state index in [1.165, 1.54) is 0 Å². The maximum Gasteiger partial charge on any atom is 0.205 e. The Morgan fingerprint density at radius 1 is 1.24 bits per heavy atom. The number of likely N-dealkylation sites (N-methyl/N-ethyl adjacent to an activating group) is 1. The van der Waals surface area contributed by atoms with E-state index in [2.05, 4.69) is 20.6 Å². The molecular formula is C10H25N5O2. The SMILES string of the molecule is COCCNC(=NCCN(C)CCOC)NN. The summed E-state index contributed by atoms with van der Waals surface area (Å²) in [4.78, 5) is 6.44. The van der Waals surface area contributed by atoms with Crippen LogP contribution in [0.2, 0.25) is 0 Å². The molecule has 0 aliphatic heterocycles. The Bertz CT molecular complexity index is 201. The number of hydrogen-bond acceptors (Lipinski definition) is 5. The van der Waals surface area contributed by atoms with E-state index in [0.717, 1.165) is 19.7 Å². The molecule has 0 aliphatic carbocycles. The van der Waals surface area contributed by atoms with E-state index in [1.807, 2.05) is 7.05 Å². The Balaban J connectivity index is 3.69. The third-order valence-corrected chi connectivity index (χ3v) is 2.16. The first kappa shape index (κ1) is 16.1. The molecule has 0 aromatic carbocycles. The van der Waals surface area contributed by atoms with E-state index in [9.17, 15) is 0 Å². The van der Waals surface area contributed by atoms with Crippen molar-refractivity contribution in [3.05, 3.63) is 0 Å². The van der Waals surface area contributed by atoms with Gasteiger partial charge in [-0.2, -0.15) is 0 Å². The van der Waals surface area contributed by atoms with Crippen molar-refractivity contribution in [1.82, 2.24) is 15.6 Å². The van der Waals surface area contributed by atoms with Gasteiger partial charge in [0.25, 0.3) is 0 Å². The minimum atomic E-state index is 0.585. The summed E-state index contributed by atoms with van der Waals surface area (Å²) in [5, 5.41) is 3.03. The molecule has 7 heteroatoms. The van der Waals surface area contributed by atoms with Gasteiger partial charge >= 0.3 is 0 Å². The van der Waals surface area contributed by atoms with Gasteiger partial charge in [-0.3, -0.25) is 10.4 Å². The summed E-state index contributed by atoms with van der Waals surface area (Å²) in [6, 6.07) is 0. The molecule has 4 N–H and O–H groups in total. The number of ether oxygens (including phenoxy) is 2. The molecule has 102 valence electrons. The Morgan fingerprint density at radius 2 is 1.94 bits per heavy atom. The highest BCUT2D eigenvalue weighted by molar-refractivity contribution is 5.79. The van der Waals surface area contributed by atoms with Crippen LogP contribution >= 0.6 is 0 Å². The molecule has 0 saturated carbocycles. The van der Waals surface area contributed by atoms with Crippen molar-refractivity contribution in [1.29, 1.82) is 0 Å². The molecule has 17 heavy (non-hydrogen) atoms. The van der Waals surface area contributed by atoms with Gasteiger partial charge in [-0.15, -0.1) is 0 Å². The summed E-state index contributed by atoms with van der Waals surface area (Å²) >= 11 is 0. The lowest BCUT2D eigenvalue weighted by molar-refractivity contribution is 0.163. The molecule has 0 aromatic heterocycles. The van der Waals surface area contributed by atoms with Gasteiger partial charge in [-0.05, 0) is 7.05 Å². The van der Waals surface area contributed by atoms with Gasteiger partial charge in [-0.25, -0.2) is 5.84 Å². The molecule has 0 saturated heterocycles. The molecule has 0 fully saturated rings. The largest absolute Gasteiger partial charge is 0.383 e. The average Bonchev–Trinajstić information content (AvgIpc) is 2.34. The first-order valence-electron chi connectivity index (χ1n) is 5.66. The van der Waals surface area contributed by atoms with Crippen molar-refractivity contribution in [2.24, 2.45) is 10.8 Å². The van der Waals surface area contributed by atoms with Crippen LogP contribution in [0.4, 0.5) is 0 Å². The van der Waals surface area contributed by atoms with Gasteiger partial charge in [0.1, 0.15) is 0 Å². The zero-order chi connectivity index (χ0) is 12.9. The van der Waals surface area contributed by atoms with Crippen molar-refractivity contribution in [3.8, 4) is 0 Å². The van der Waals surface area contributed by atoms with Crippen molar-refractivity contribution < 1.29 is 9.47 Å². The molecule has 7 nitrogen and oxygen atoms in total. The highest BCUT2D eigenvalue weighted by atomic mass is 16.5. The predicted octanol–water partition coefficient (Wildman–Crippen LogP) is -1.38. The van der Waals surface area contributed by atoms with Crippen LogP contribution in [0.3, 0.4) is 0 Å². The number of nitrogens with zero attached hydrogens (tertiary/aromatic N) is 2. The van der Waals surface area contributed by atoms with E-state index < -0.39 is 0 Å². The zero-order valence-corrected chi connectivity index (χ0v) is 11.0. The lowest BCUT2D eigenvalue weighted by Gasteiger charge is -2.15. The first-order chi connectivity index (χ1) is 8.24. The van der Waals surface area contributed by atoms with Gasteiger partial charge in [0.2, 0.25) is 5.96 Å². The van der Waals surface area contributed by atoms with E-state index in [-0.39, 0.29) is 0 Å². The van der Waals surface area contributed by atoms with Crippen LogP contribution in [0, 0.1) is 0 Å². The summed E-state index contributed by atoms with van der Waals surface area (Å²) in [7, 11) is 5.38. The number of methoxy groups -OCH3 is 2. The first-order valence-corrected chi connectivity index (χ1v) is 5.66. The van der Waals surface area contributed by atoms with Crippen LogP contribution in [-0.4, -0.2) is 71.5 Å². The number of aliphatic imine (C=N–C) groups is 1. The molecule has 0 atom stereocenters. The van der Waals surface area contributed by atoms with Crippen LogP contribution in [-0.2, 0) is 9.47 Å². The standard InChI is InChI=1S/C10H25N5O2/c1-15(7-9-17-3)6-4-12-10(14-11)13-5-8-16-2/h4-9,11H2,1-3H3,(H2,12,13,14). The Kier molecular flexibility index (Phi) is 11.0. The molecule has 0 aromatic rings. The monoisotopic (exact) mass is 247 g/mol. The third-order valence-electron chi connectivity index (χ3n) is 2.16. The number of guanidine groups is 1. The topological polar surface area (TPSA) is 84.1 Å². The summed E-state index contributed by atoms with van der Waals surface area (Å²) in [5.41, 5.74) is 2.52. The molecule has 0 heterocycles. The lowest BCUT2D eigenvalue weighted by atomic mass is 10.5. The molecule has 0 spiro atoms. The second-order valence-electron chi connectivity index (χ2n) is 3.59. The minimum Gasteiger partial charge on any atom is -0.383 e. The van der Waals surface area contributed by atoms with Gasteiger partial charge in [0.05, 0.1) is 19.8 Å². The fraction of sp³-hybridized carbons (Fsp3) is 0.900. The smallest absolute Gasteiger partial charge is 0.205 e. The van der Waals surface area contributed by atoms with Crippen LogP contribution in [0.15, 0.2) is 4.99 Å². The predicted molar refractivity (Wildman–Crippen MR) is 68.9 cm³/mol. The van der Waals surface area contributed by atoms with Gasteiger partial charge in [-0.1, -0.05) is 0 Å².